The van der Waals surface area contributed by atoms with E-state index < -0.39 is 10.9 Å². The highest BCUT2D eigenvalue weighted by atomic mass is 16.6. The Bertz CT molecular complexity index is 1170. The first-order valence-corrected chi connectivity index (χ1v) is 9.31. The molecule has 0 spiro atoms. The van der Waals surface area contributed by atoms with Gasteiger partial charge in [0.25, 0.3) is 5.69 Å². The van der Waals surface area contributed by atoms with Crippen molar-refractivity contribution in [2.45, 2.75) is 13.5 Å². The van der Waals surface area contributed by atoms with Gasteiger partial charge in [-0.1, -0.05) is 37.3 Å². The summed E-state index contributed by atoms with van der Waals surface area (Å²) in [7, 11) is 0. The van der Waals surface area contributed by atoms with Crippen LogP contribution >= 0.6 is 0 Å². The highest BCUT2D eigenvalue weighted by Gasteiger charge is 2.28. The number of carboxylic acid groups (broad SMARTS) is 1. The minimum Gasteiger partial charge on any atom is -0.478 e. The Morgan fingerprint density at radius 3 is 2.66 bits per heavy atom. The van der Waals surface area contributed by atoms with Crippen molar-refractivity contribution in [3.8, 4) is 0 Å². The molecular formula is C22H19N3O4. The largest absolute Gasteiger partial charge is 0.478 e. The lowest BCUT2D eigenvalue weighted by Crippen LogP contribution is -2.31. The highest BCUT2D eigenvalue weighted by molar-refractivity contribution is 6.06. The summed E-state index contributed by atoms with van der Waals surface area (Å²) in [6.07, 6.45) is 1.76. The van der Waals surface area contributed by atoms with Crippen molar-refractivity contribution in [2.75, 3.05) is 13.1 Å². The fourth-order valence-corrected chi connectivity index (χ4v) is 3.81. The zero-order valence-electron chi connectivity index (χ0n) is 15.8. The summed E-state index contributed by atoms with van der Waals surface area (Å²) < 4.78 is 0. The number of nitro groups is 1. The zero-order valence-corrected chi connectivity index (χ0v) is 15.8. The number of hydrogen-bond acceptors (Lipinski definition) is 5. The molecule has 0 unspecified atom stereocenters. The number of rotatable bonds is 4. The molecule has 0 saturated carbocycles. The van der Waals surface area contributed by atoms with Crippen LogP contribution in [0, 0.1) is 10.1 Å². The van der Waals surface area contributed by atoms with Crippen molar-refractivity contribution in [1.82, 2.24) is 9.88 Å². The third kappa shape index (κ3) is 3.36. The molecule has 4 rings (SSSR count). The molecule has 3 aromatic rings. The average Bonchev–Trinajstić information content (AvgIpc) is 2.72. The van der Waals surface area contributed by atoms with Gasteiger partial charge in [-0.05, 0) is 30.3 Å². The number of benzene rings is 2. The van der Waals surface area contributed by atoms with Gasteiger partial charge in [0, 0.05) is 30.1 Å². The number of hydrogen-bond donors (Lipinski definition) is 1. The lowest BCUT2D eigenvalue weighted by Gasteiger charge is -2.30. The molecule has 7 nitrogen and oxygen atoms in total. The first kappa shape index (κ1) is 18.8. The van der Waals surface area contributed by atoms with Gasteiger partial charge in [-0.2, -0.15) is 0 Å². The molecule has 0 saturated heterocycles. The minimum absolute atomic E-state index is 0.00872. The third-order valence-electron chi connectivity index (χ3n) is 5.20. The van der Waals surface area contributed by atoms with Crippen LogP contribution in [0.4, 0.5) is 5.69 Å². The normalized spacial score (nSPS) is 15.4. The van der Waals surface area contributed by atoms with E-state index in [9.17, 15) is 20.0 Å². The second-order valence-electron chi connectivity index (χ2n) is 6.93. The minimum atomic E-state index is -0.997. The maximum absolute atomic E-state index is 12.1. The maximum atomic E-state index is 12.1. The fraction of sp³-hybridized carbons (Fsp3) is 0.182. The standard InChI is InChI=1S/C22H19N3O4/c1-2-24-12-15(11-14-7-3-6-10-19(14)25(28)29)21-17(13-24)20(22(26)27)16-8-4-5-9-18(16)23-21/h3-11H,2,12-13H2,1H3,(H,26,27)/b15-11-. The van der Waals surface area contributed by atoms with E-state index in [1.165, 1.54) is 6.07 Å². The molecule has 29 heavy (non-hydrogen) atoms. The van der Waals surface area contributed by atoms with Crippen LogP contribution < -0.4 is 0 Å². The Kier molecular flexibility index (Phi) is 4.82. The van der Waals surface area contributed by atoms with Crippen molar-refractivity contribution >= 4 is 34.2 Å². The van der Waals surface area contributed by atoms with Gasteiger partial charge in [-0.3, -0.25) is 15.0 Å². The quantitative estimate of drug-likeness (QED) is 0.530. The van der Waals surface area contributed by atoms with Crippen molar-refractivity contribution in [3.05, 3.63) is 81.0 Å². The van der Waals surface area contributed by atoms with E-state index in [2.05, 4.69) is 4.90 Å². The van der Waals surface area contributed by atoms with E-state index in [1.807, 2.05) is 13.0 Å². The number of fused-ring (bicyclic) bond motifs is 2. The highest BCUT2D eigenvalue weighted by Crippen LogP contribution is 2.35. The lowest BCUT2D eigenvalue weighted by molar-refractivity contribution is -0.385. The topological polar surface area (TPSA) is 96.6 Å². The summed E-state index contributed by atoms with van der Waals surface area (Å²) in [5, 5.41) is 22.0. The number of pyridine rings is 1. The van der Waals surface area contributed by atoms with Crippen molar-refractivity contribution in [2.24, 2.45) is 0 Å². The first-order valence-electron chi connectivity index (χ1n) is 9.31. The van der Waals surface area contributed by atoms with Crippen LogP contribution in [0.3, 0.4) is 0 Å². The second-order valence-corrected chi connectivity index (χ2v) is 6.93. The molecule has 1 N–H and O–H groups in total. The zero-order chi connectivity index (χ0) is 20.5. The summed E-state index contributed by atoms with van der Waals surface area (Å²) >= 11 is 0. The molecule has 0 fully saturated rings. The van der Waals surface area contributed by atoms with Crippen LogP contribution in [0.5, 0.6) is 0 Å². The van der Waals surface area contributed by atoms with Crippen LogP contribution in [0.2, 0.25) is 0 Å². The predicted molar refractivity (Wildman–Crippen MR) is 111 cm³/mol. The van der Waals surface area contributed by atoms with Crippen LogP contribution in [-0.2, 0) is 6.54 Å². The Morgan fingerprint density at radius 2 is 1.93 bits per heavy atom. The first-order chi connectivity index (χ1) is 14.0. The predicted octanol–water partition coefficient (Wildman–Crippen LogP) is 4.22. The van der Waals surface area contributed by atoms with Gasteiger partial charge < -0.3 is 5.11 Å². The average molecular weight is 389 g/mol. The van der Waals surface area contributed by atoms with E-state index in [0.717, 1.165) is 12.1 Å². The van der Waals surface area contributed by atoms with Gasteiger partial charge >= 0.3 is 5.97 Å². The smallest absolute Gasteiger partial charge is 0.336 e. The molecule has 0 aliphatic carbocycles. The van der Waals surface area contributed by atoms with Gasteiger partial charge in [0.2, 0.25) is 0 Å². The summed E-state index contributed by atoms with van der Waals surface area (Å²) in [5.74, 6) is -0.997. The number of para-hydroxylation sites is 2. The molecule has 1 aromatic heterocycles. The Hall–Kier alpha value is -3.58. The van der Waals surface area contributed by atoms with E-state index >= 15 is 0 Å². The number of nitro benzene ring substituents is 1. The SMILES string of the molecule is CCN1C/C(=C/c2ccccc2[N+](=O)[O-])c2nc3ccccc3c(C(=O)O)c2C1. The molecule has 2 aromatic carbocycles. The summed E-state index contributed by atoms with van der Waals surface area (Å²) in [4.78, 5) is 30.0. The van der Waals surface area contributed by atoms with E-state index in [0.29, 0.717) is 40.8 Å². The summed E-state index contributed by atoms with van der Waals surface area (Å²) in [6.45, 7) is 3.74. The molecule has 146 valence electrons. The van der Waals surface area contributed by atoms with Crippen LogP contribution in [-0.4, -0.2) is 39.0 Å². The number of aromatic nitrogens is 1. The molecule has 0 radical (unpaired) electrons. The van der Waals surface area contributed by atoms with Crippen LogP contribution in [0.1, 0.15) is 34.1 Å². The molecule has 0 amide bonds. The van der Waals surface area contributed by atoms with Gasteiger partial charge in [0.1, 0.15) is 0 Å². The van der Waals surface area contributed by atoms with Gasteiger partial charge in [0.05, 0.1) is 27.3 Å². The molecular weight excluding hydrogens is 370 g/mol. The van der Waals surface area contributed by atoms with Crippen LogP contribution in [0.15, 0.2) is 48.5 Å². The second kappa shape index (κ2) is 7.44. The Labute approximate surface area is 167 Å². The number of aromatic carboxylic acids is 1. The fourth-order valence-electron chi connectivity index (χ4n) is 3.81. The van der Waals surface area contributed by atoms with Gasteiger partial charge in [-0.25, -0.2) is 9.78 Å². The van der Waals surface area contributed by atoms with E-state index in [-0.39, 0.29) is 11.3 Å². The van der Waals surface area contributed by atoms with E-state index in [4.69, 9.17) is 4.98 Å². The summed E-state index contributed by atoms with van der Waals surface area (Å²) in [5.41, 5.74) is 3.35. The monoisotopic (exact) mass is 389 g/mol. The number of nitrogens with zero attached hydrogens (tertiary/aromatic N) is 3. The molecule has 1 aliphatic rings. The van der Waals surface area contributed by atoms with Crippen LogP contribution in [0.25, 0.3) is 22.6 Å². The van der Waals surface area contributed by atoms with E-state index in [1.54, 1.807) is 42.5 Å². The van der Waals surface area contributed by atoms with Gasteiger partial charge in [-0.15, -0.1) is 0 Å². The van der Waals surface area contributed by atoms with Gasteiger partial charge in [0.15, 0.2) is 0 Å². The molecule has 2 heterocycles. The third-order valence-corrected chi connectivity index (χ3v) is 5.20. The Balaban J connectivity index is 2.00. The maximum Gasteiger partial charge on any atom is 0.336 e. The number of likely N-dealkylation sites (N-methyl/N-ethyl adjacent to an activating group) is 1. The number of carboxylic acids is 1. The lowest BCUT2D eigenvalue weighted by atomic mass is 9.92. The molecule has 0 bridgehead atoms. The van der Waals surface area contributed by atoms with Crippen molar-refractivity contribution in [1.29, 1.82) is 0 Å². The molecule has 7 heteroatoms. The summed E-state index contributed by atoms with van der Waals surface area (Å²) in [6, 6.07) is 13.7. The van der Waals surface area contributed by atoms with Crippen molar-refractivity contribution in [3.63, 3.8) is 0 Å². The van der Waals surface area contributed by atoms with Crippen molar-refractivity contribution < 1.29 is 14.8 Å². The number of carbonyl (C=O) groups is 1. The Morgan fingerprint density at radius 1 is 1.21 bits per heavy atom. The molecule has 1 aliphatic heterocycles. The molecule has 0 atom stereocenters.